The summed E-state index contributed by atoms with van der Waals surface area (Å²) in [5, 5.41) is 7.73. The first-order valence-electron chi connectivity index (χ1n) is 9.82. The van der Waals surface area contributed by atoms with E-state index < -0.39 is 0 Å². The van der Waals surface area contributed by atoms with Crippen LogP contribution in [0.15, 0.2) is 35.0 Å². The summed E-state index contributed by atoms with van der Waals surface area (Å²) in [7, 11) is 0. The molecule has 1 amide bonds. The van der Waals surface area contributed by atoms with E-state index in [2.05, 4.69) is 15.5 Å². The molecule has 1 unspecified atom stereocenters. The minimum absolute atomic E-state index is 0.134. The summed E-state index contributed by atoms with van der Waals surface area (Å²) in [5.41, 5.74) is 0.626. The van der Waals surface area contributed by atoms with Crippen LogP contribution in [0.2, 0.25) is 5.02 Å². The van der Waals surface area contributed by atoms with Crippen molar-refractivity contribution in [3.63, 3.8) is 0 Å². The Morgan fingerprint density at radius 3 is 2.87 bits per heavy atom. The van der Waals surface area contributed by atoms with Gasteiger partial charge in [-0.1, -0.05) is 28.1 Å². The number of amides is 1. The quantitative estimate of drug-likeness (QED) is 0.495. The monoisotopic (exact) mass is 447 g/mol. The lowest BCUT2D eigenvalue weighted by Gasteiger charge is -2.14. The van der Waals surface area contributed by atoms with Gasteiger partial charge in [-0.05, 0) is 44.7 Å². The largest absolute Gasteiger partial charge is 0.490 e. The fraction of sp³-hybridized carbons (Fsp3) is 0.381. The average molecular weight is 448 g/mol. The summed E-state index contributed by atoms with van der Waals surface area (Å²) in [6.45, 7) is 3.29. The van der Waals surface area contributed by atoms with Crippen LogP contribution in [0.5, 0.6) is 16.7 Å². The number of carbonyl (C=O) groups excluding carboxylic acids is 1. The molecule has 2 aromatic heterocycles. The van der Waals surface area contributed by atoms with Gasteiger partial charge >= 0.3 is 0 Å². The molecule has 1 aliphatic rings. The zero-order valence-electron chi connectivity index (χ0n) is 16.7. The van der Waals surface area contributed by atoms with Crippen molar-refractivity contribution in [3.8, 4) is 27.3 Å². The first kappa shape index (κ1) is 20.7. The molecular formula is C21H22ClN3O4S. The Labute approximate surface area is 183 Å². The minimum atomic E-state index is -0.267. The summed E-state index contributed by atoms with van der Waals surface area (Å²) < 4.78 is 17.2. The molecule has 1 aliphatic carbocycles. The molecule has 0 spiro atoms. The van der Waals surface area contributed by atoms with Gasteiger partial charge in [0.1, 0.15) is 17.2 Å². The van der Waals surface area contributed by atoms with Crippen LogP contribution < -0.4 is 14.8 Å². The highest BCUT2D eigenvalue weighted by atomic mass is 35.5. The Morgan fingerprint density at radius 1 is 1.33 bits per heavy atom. The normalized spacial score (nSPS) is 15.2. The molecule has 1 N–H and O–H groups in total. The summed E-state index contributed by atoms with van der Waals surface area (Å²) >= 11 is 7.70. The van der Waals surface area contributed by atoms with Crippen molar-refractivity contribution in [1.29, 1.82) is 0 Å². The van der Waals surface area contributed by atoms with E-state index in [0.717, 1.165) is 23.5 Å². The first-order chi connectivity index (χ1) is 14.5. The number of nitrogens with zero attached hydrogens (tertiary/aromatic N) is 2. The van der Waals surface area contributed by atoms with Crippen molar-refractivity contribution < 1.29 is 18.8 Å². The number of rotatable bonds is 7. The second-order valence-corrected chi connectivity index (χ2v) is 8.65. The number of halogens is 1. The SMILES string of the molecule is CC(=O)NC(C)c1cc(-c2cnc(Oc3ccc(OC4CCCC4)cc3Cl)s2)no1. The van der Waals surface area contributed by atoms with Crippen molar-refractivity contribution in [3.05, 3.63) is 41.2 Å². The highest BCUT2D eigenvalue weighted by Gasteiger charge is 2.18. The first-order valence-corrected chi connectivity index (χ1v) is 11.0. The summed E-state index contributed by atoms with van der Waals surface area (Å²) in [4.78, 5) is 16.3. The lowest BCUT2D eigenvalue weighted by atomic mass is 10.2. The van der Waals surface area contributed by atoms with Crippen LogP contribution in [-0.2, 0) is 4.79 Å². The van der Waals surface area contributed by atoms with E-state index in [9.17, 15) is 4.79 Å². The van der Waals surface area contributed by atoms with Gasteiger partial charge in [-0.3, -0.25) is 4.79 Å². The molecule has 1 saturated carbocycles. The predicted molar refractivity (Wildman–Crippen MR) is 114 cm³/mol. The molecule has 0 bridgehead atoms. The maximum atomic E-state index is 11.2. The van der Waals surface area contributed by atoms with Crippen LogP contribution >= 0.6 is 22.9 Å². The third-order valence-corrected chi connectivity index (χ3v) is 6.01. The maximum Gasteiger partial charge on any atom is 0.279 e. The lowest BCUT2D eigenvalue weighted by molar-refractivity contribution is -0.119. The van der Waals surface area contributed by atoms with Crippen molar-refractivity contribution in [2.75, 3.05) is 0 Å². The molecule has 7 nitrogen and oxygen atoms in total. The highest BCUT2D eigenvalue weighted by molar-refractivity contribution is 7.16. The zero-order chi connectivity index (χ0) is 21.1. The number of hydrogen-bond donors (Lipinski definition) is 1. The van der Waals surface area contributed by atoms with Crippen LogP contribution in [-0.4, -0.2) is 22.2 Å². The number of thiazole rings is 1. The van der Waals surface area contributed by atoms with Gasteiger partial charge in [0, 0.05) is 19.1 Å². The van der Waals surface area contributed by atoms with Gasteiger partial charge in [-0.25, -0.2) is 4.98 Å². The van der Waals surface area contributed by atoms with Gasteiger partial charge in [-0.2, -0.15) is 0 Å². The number of benzene rings is 1. The molecule has 1 aromatic carbocycles. The third-order valence-electron chi connectivity index (χ3n) is 4.82. The second-order valence-electron chi connectivity index (χ2n) is 7.25. The second kappa shape index (κ2) is 9.06. The van der Waals surface area contributed by atoms with E-state index in [1.165, 1.54) is 31.1 Å². The van der Waals surface area contributed by atoms with Crippen molar-refractivity contribution in [2.45, 2.75) is 51.7 Å². The number of carbonyl (C=O) groups is 1. The van der Waals surface area contributed by atoms with Crippen LogP contribution in [0, 0.1) is 0 Å². The third kappa shape index (κ3) is 4.94. The van der Waals surface area contributed by atoms with Gasteiger partial charge in [0.2, 0.25) is 5.91 Å². The number of nitrogens with one attached hydrogen (secondary N) is 1. The van der Waals surface area contributed by atoms with Crippen LogP contribution in [0.1, 0.15) is 51.3 Å². The number of aromatic nitrogens is 2. The summed E-state index contributed by atoms with van der Waals surface area (Å²) in [5.74, 6) is 1.70. The Bertz CT molecular complexity index is 1030. The van der Waals surface area contributed by atoms with Crippen LogP contribution in [0.4, 0.5) is 0 Å². The summed E-state index contributed by atoms with van der Waals surface area (Å²) in [6.07, 6.45) is 6.54. The average Bonchev–Trinajstić information content (AvgIpc) is 3.44. The smallest absolute Gasteiger partial charge is 0.279 e. The lowest BCUT2D eigenvalue weighted by Crippen LogP contribution is -2.23. The van der Waals surface area contributed by atoms with Crippen LogP contribution in [0.25, 0.3) is 10.6 Å². The maximum absolute atomic E-state index is 11.2. The predicted octanol–water partition coefficient (Wildman–Crippen LogP) is 5.76. The molecule has 30 heavy (non-hydrogen) atoms. The molecule has 0 radical (unpaired) electrons. The van der Waals surface area contributed by atoms with Gasteiger partial charge < -0.3 is 19.3 Å². The molecule has 2 heterocycles. The molecule has 0 aliphatic heterocycles. The highest BCUT2D eigenvalue weighted by Crippen LogP contribution is 2.37. The van der Waals surface area contributed by atoms with Crippen molar-refractivity contribution >= 4 is 28.8 Å². The Hall–Kier alpha value is -2.58. The van der Waals surface area contributed by atoms with E-state index >= 15 is 0 Å². The zero-order valence-corrected chi connectivity index (χ0v) is 18.3. The van der Waals surface area contributed by atoms with Gasteiger partial charge in [0.05, 0.1) is 28.2 Å². The molecule has 1 fully saturated rings. The Balaban J connectivity index is 1.42. The van der Waals surface area contributed by atoms with Gasteiger partial charge in [-0.15, -0.1) is 0 Å². The van der Waals surface area contributed by atoms with E-state index in [-0.39, 0.29) is 18.1 Å². The fourth-order valence-corrected chi connectivity index (χ4v) is 4.28. The van der Waals surface area contributed by atoms with Gasteiger partial charge in [0.15, 0.2) is 5.76 Å². The minimum Gasteiger partial charge on any atom is -0.490 e. The Kier molecular flexibility index (Phi) is 6.24. The fourth-order valence-electron chi connectivity index (χ4n) is 3.34. The van der Waals surface area contributed by atoms with Crippen molar-refractivity contribution in [2.24, 2.45) is 0 Å². The van der Waals surface area contributed by atoms with E-state index in [4.69, 9.17) is 25.6 Å². The molecule has 3 aromatic rings. The molecular weight excluding hydrogens is 426 g/mol. The number of hydrogen-bond acceptors (Lipinski definition) is 7. The molecule has 9 heteroatoms. The topological polar surface area (TPSA) is 86.5 Å². The molecule has 1 atom stereocenters. The van der Waals surface area contributed by atoms with E-state index in [1.807, 2.05) is 13.0 Å². The Morgan fingerprint density at radius 2 is 2.13 bits per heavy atom. The molecule has 0 saturated heterocycles. The van der Waals surface area contributed by atoms with Crippen LogP contribution in [0.3, 0.4) is 0 Å². The summed E-state index contributed by atoms with van der Waals surface area (Å²) in [6, 6.07) is 6.94. The van der Waals surface area contributed by atoms with Gasteiger partial charge in [0.25, 0.3) is 5.19 Å². The number of ether oxygens (including phenoxy) is 2. The van der Waals surface area contributed by atoms with E-state index in [0.29, 0.717) is 27.4 Å². The molecule has 158 valence electrons. The van der Waals surface area contributed by atoms with E-state index in [1.54, 1.807) is 24.4 Å². The van der Waals surface area contributed by atoms with Crippen molar-refractivity contribution in [1.82, 2.24) is 15.5 Å². The molecule has 4 rings (SSSR count). The standard InChI is InChI=1S/C21H22ClN3O4S/c1-12(24-13(2)26)19-10-17(25-29-19)20-11-23-21(30-20)28-18-8-7-15(9-16(18)22)27-14-5-3-4-6-14/h7-12,14H,3-6H2,1-2H3,(H,24,26).